The Balaban J connectivity index is 0.000000496. The van der Waals surface area contributed by atoms with Crippen LogP contribution in [-0.4, -0.2) is 284 Å². The zero-order chi connectivity index (χ0) is 60.9. The zero-order valence-corrected chi connectivity index (χ0v) is 51.2. The van der Waals surface area contributed by atoms with E-state index in [4.69, 9.17) is 126 Å². The molecule has 79 heavy (non-hydrogen) atoms. The monoisotopic (exact) mass is 1250 g/mol. The molecule has 10 radical (unpaired) electrons. The Labute approximate surface area is 473 Å². The number of hydrogen-bond acceptors (Lipinski definition) is 28. The molecule has 5 saturated heterocycles. The van der Waals surface area contributed by atoms with Gasteiger partial charge in [-0.05, 0) is 19.6 Å². The van der Waals surface area contributed by atoms with E-state index in [1.165, 1.54) is 49.3 Å². The van der Waals surface area contributed by atoms with Crippen LogP contribution in [0.5, 0.6) is 0 Å². The van der Waals surface area contributed by atoms with Crippen molar-refractivity contribution >= 4 is 87.9 Å². The Morgan fingerprint density at radius 2 is 0.759 bits per heavy atom. The summed E-state index contributed by atoms with van der Waals surface area (Å²) in [4.78, 5) is 55.5. The van der Waals surface area contributed by atoms with Crippen LogP contribution in [0.15, 0.2) is 0 Å². The van der Waals surface area contributed by atoms with E-state index in [-0.39, 0.29) is 51.2 Å². The molecule has 5 aliphatic heterocycles. The molecule has 0 aromatic carbocycles. The summed E-state index contributed by atoms with van der Waals surface area (Å²) in [7, 11) is 22.0. The number of hydrogen-bond donors (Lipinski definition) is 0. The van der Waals surface area contributed by atoms with Gasteiger partial charge in [0.15, 0.2) is 0 Å². The highest BCUT2D eigenvalue weighted by Crippen LogP contribution is 2.43. The van der Waals surface area contributed by atoms with Crippen LogP contribution in [0, 0.1) is 0 Å². The number of ether oxygens (including phenoxy) is 13. The molecule has 10 unspecified atom stereocenters. The molecule has 0 aromatic heterocycles. The summed E-state index contributed by atoms with van der Waals surface area (Å²) in [6.45, 7) is 3.63. The van der Waals surface area contributed by atoms with E-state index >= 15 is 0 Å². The van der Waals surface area contributed by atoms with Crippen molar-refractivity contribution in [2.45, 2.75) is 122 Å². The largest absolute Gasteiger partial charge is 0.801 e. The number of methoxy groups -OCH3 is 7. The van der Waals surface area contributed by atoms with Gasteiger partial charge in [0, 0.05) is 94.4 Å². The lowest BCUT2D eigenvalue weighted by Gasteiger charge is -2.29. The van der Waals surface area contributed by atoms with Gasteiger partial charge in [-0.25, -0.2) is 8.78 Å². The Hall–Kier alpha value is 0.835. The minimum Gasteiger partial charge on any atom is -0.801 e. The van der Waals surface area contributed by atoms with Crippen LogP contribution in [0.1, 0.15) is 6.42 Å². The molecule has 454 valence electrons. The molecule has 0 aromatic rings. The SMILES string of the molecule is [B][C@@H]1O[C@H](COC)C(OP(C)(=O)[O-])[C@@H]1F.[B][C@@H]1O[C@H](COC)C(OP(C)(=O)[O-])[C@@H]1OC.[B][C@@H]1O[C@H](COC)C(OP(C)(=O)[O-])[C@@H]1OCCOC.[B][C@@H]1O[C@H](COC)C(OP(C)(=O)[O-])[C@H]1F.[B][C@H]1CC(OP(C)([O-])=S)[C@@H](COC)O1. The molecule has 0 spiro atoms. The van der Waals surface area contributed by atoms with E-state index in [0.29, 0.717) is 19.6 Å². The molecule has 40 heteroatoms. The molecular formula is C39H71B5F2O27P5S-5. The molecule has 27 nitrogen and oxygen atoms in total. The lowest BCUT2D eigenvalue weighted by molar-refractivity contribution is -0.206. The number of rotatable bonds is 25. The second-order valence-electron chi connectivity index (χ2n) is 18.0. The standard InChI is InChI=1S/C10H20BO7P.C8H16BO6P.2C7H13BFO5P.C7H14BO4PS/c1-14-4-5-16-9-8(18-19(3,12)13)7(6-15-2)17-10(9)11;1-12-4-5-6(15-16(3,10)11)7(13-2)8(9)14-5;2*1-12-3-4-6(14-15(2,10)11)5(9)7(8)13-4;1-10-4-6-5(3-7(8)11-6)12-13(2,9)14/h7-10H,4-6H2,1-3H3,(H,12,13);5-8H,4H2,1-3H3,(H,10,11);2*4-7H,3H2,1-2H3,(H,10,11);5-7H,3-4H2,1-2H3,(H,9,14)/p-5/t7-,8?,9+,10-;5-,6?,7+,8-;4-,5+,6?,7-;4-,5-,6?,7-;5?,6-,7-,13?/m11111/s1. The first-order valence-electron chi connectivity index (χ1n) is 23.7. The van der Waals surface area contributed by atoms with Gasteiger partial charge in [0.1, 0.15) is 149 Å². The summed E-state index contributed by atoms with van der Waals surface area (Å²) in [6.07, 6.45) is -11.5. The van der Waals surface area contributed by atoms with Gasteiger partial charge in [0.2, 0.25) is 0 Å². The predicted molar refractivity (Wildman–Crippen MR) is 277 cm³/mol. The number of halogens is 2. The summed E-state index contributed by atoms with van der Waals surface area (Å²) in [6, 6.07) is -4.24. The first-order chi connectivity index (χ1) is 36.4. The van der Waals surface area contributed by atoms with E-state index in [2.05, 4.69) is 9.05 Å². The van der Waals surface area contributed by atoms with Crippen molar-refractivity contribution < 1.29 is 136 Å². The molecule has 5 aliphatic rings. The van der Waals surface area contributed by atoms with Crippen molar-refractivity contribution in [2.75, 3.05) is 129 Å². The molecule has 0 saturated carbocycles. The topological polar surface area (TPSA) is 350 Å². The van der Waals surface area contributed by atoms with E-state index in [1.54, 1.807) is 7.11 Å². The van der Waals surface area contributed by atoms with Crippen molar-refractivity contribution in [1.29, 1.82) is 0 Å². The highest BCUT2D eigenvalue weighted by Gasteiger charge is 2.47. The van der Waals surface area contributed by atoms with Crippen LogP contribution in [-0.2, 0) is 114 Å². The highest BCUT2D eigenvalue weighted by molar-refractivity contribution is 8.08. The second kappa shape index (κ2) is 36.9. The van der Waals surface area contributed by atoms with Crippen LogP contribution in [0.2, 0.25) is 0 Å². The minimum absolute atomic E-state index is 0.0266. The van der Waals surface area contributed by atoms with Gasteiger partial charge >= 0.3 is 0 Å². The van der Waals surface area contributed by atoms with E-state index in [9.17, 15) is 51.5 Å². The lowest BCUT2D eigenvalue weighted by Crippen LogP contribution is -2.39. The molecule has 0 bridgehead atoms. The molecule has 0 amide bonds. The Morgan fingerprint density at radius 3 is 1.09 bits per heavy atom. The lowest BCUT2D eigenvalue weighted by atomic mass is 9.93. The highest BCUT2D eigenvalue weighted by atomic mass is 32.5. The first kappa shape index (κ1) is 77.8. The average Bonchev–Trinajstić information content (AvgIpc) is 4.03. The quantitative estimate of drug-likeness (QED) is 0.0491. The van der Waals surface area contributed by atoms with Crippen molar-refractivity contribution in [3.05, 3.63) is 0 Å². The Morgan fingerprint density at radius 1 is 0.443 bits per heavy atom. The van der Waals surface area contributed by atoms with Crippen molar-refractivity contribution in [3.8, 4) is 0 Å². The fourth-order valence-electron chi connectivity index (χ4n) is 7.73. The van der Waals surface area contributed by atoms with Crippen molar-refractivity contribution in [2.24, 2.45) is 0 Å². The molecule has 0 N–H and O–H groups in total. The zero-order valence-electron chi connectivity index (χ0n) is 45.9. The van der Waals surface area contributed by atoms with Gasteiger partial charge < -0.3 is 127 Å². The molecular weight excluding hydrogens is 1180 g/mol. The first-order valence-corrected chi connectivity index (χ1v) is 34.7. The average molecular weight is 1250 g/mol. The maximum Gasteiger partial charge on any atom is 0.147 e. The summed E-state index contributed by atoms with van der Waals surface area (Å²) in [5.74, 6) is 0. The van der Waals surface area contributed by atoms with Crippen LogP contribution in [0.25, 0.3) is 0 Å². The fourth-order valence-corrected chi connectivity index (χ4v) is 11.6. The van der Waals surface area contributed by atoms with E-state index in [0.717, 1.165) is 26.7 Å². The minimum atomic E-state index is -4.02. The van der Waals surface area contributed by atoms with Gasteiger partial charge in [-0.2, -0.15) is 0 Å². The van der Waals surface area contributed by atoms with Crippen molar-refractivity contribution in [3.63, 3.8) is 0 Å². The molecule has 5 fully saturated rings. The number of alkyl halides is 2. The second-order valence-corrected chi connectivity index (χ2v) is 28.7. The van der Waals surface area contributed by atoms with E-state index in [1.807, 2.05) is 0 Å². The summed E-state index contributed by atoms with van der Waals surface area (Å²) in [5, 5.41) is 0. The molecule has 5 rings (SSSR count). The van der Waals surface area contributed by atoms with Gasteiger partial charge in [-0.3, -0.25) is 0 Å². The maximum atomic E-state index is 13.4. The Bertz CT molecular complexity index is 1900. The van der Waals surface area contributed by atoms with Crippen molar-refractivity contribution in [1.82, 2.24) is 0 Å². The predicted octanol–water partition coefficient (Wildman–Crippen LogP) is -3.30. The van der Waals surface area contributed by atoms with E-state index < -0.39 is 134 Å². The van der Waals surface area contributed by atoms with Crippen LogP contribution in [0.3, 0.4) is 0 Å². The van der Waals surface area contributed by atoms with Gasteiger partial charge in [-0.15, -0.1) is 0 Å². The third-order valence-corrected chi connectivity index (χ3v) is 14.1. The summed E-state index contributed by atoms with van der Waals surface area (Å²) >= 11 is 4.69. The normalized spacial score (nSPS) is 37.9. The van der Waals surface area contributed by atoms with Gasteiger partial charge in [0.25, 0.3) is 0 Å². The summed E-state index contributed by atoms with van der Waals surface area (Å²) < 4.78 is 161. The molecule has 0 aliphatic carbocycles. The molecule has 24 atom stereocenters. The van der Waals surface area contributed by atoms with Gasteiger partial charge in [-0.1, -0.05) is 11.8 Å². The fraction of sp³-hybridized carbons (Fsp3) is 1.00. The third kappa shape index (κ3) is 30.3. The molecule has 5 heterocycles. The van der Waals surface area contributed by atoms with Crippen LogP contribution >= 0.6 is 36.9 Å². The summed E-state index contributed by atoms with van der Waals surface area (Å²) in [5.41, 5.74) is 0. The third-order valence-electron chi connectivity index (χ3n) is 10.7. The van der Waals surface area contributed by atoms with Gasteiger partial charge in [0.05, 0.1) is 64.4 Å². The van der Waals surface area contributed by atoms with Crippen LogP contribution < -0.4 is 24.5 Å². The Kier molecular flexibility index (Phi) is 36.3. The maximum absolute atomic E-state index is 13.4. The smallest absolute Gasteiger partial charge is 0.147 e. The van der Waals surface area contributed by atoms with Crippen LogP contribution in [0.4, 0.5) is 8.78 Å².